The van der Waals surface area contributed by atoms with Crippen LogP contribution in [0.5, 0.6) is 0 Å². The number of hydrogen-bond acceptors (Lipinski definition) is 4. The Morgan fingerprint density at radius 2 is 1.81 bits per heavy atom. The van der Waals surface area contributed by atoms with Crippen molar-refractivity contribution in [2.24, 2.45) is 5.84 Å². The third-order valence-electron chi connectivity index (χ3n) is 3.37. The fourth-order valence-corrected chi connectivity index (χ4v) is 2.31. The number of alkyl carbamates (subject to hydrolysis) is 1. The molecule has 0 aliphatic rings. The van der Waals surface area contributed by atoms with E-state index in [1.54, 1.807) is 20.8 Å². The number of rotatable bonds is 6. The van der Waals surface area contributed by atoms with Crippen molar-refractivity contribution < 1.29 is 22.7 Å². The molecule has 5 nitrogen and oxygen atoms in total. The molecule has 0 unspecified atom stereocenters. The number of nitrogens with one attached hydrogen (secondary N) is 2. The van der Waals surface area contributed by atoms with Crippen LogP contribution in [0.25, 0.3) is 0 Å². The smallest absolute Gasteiger partial charge is 0.416 e. The van der Waals surface area contributed by atoms with Crippen LogP contribution in [0.3, 0.4) is 0 Å². The van der Waals surface area contributed by atoms with Gasteiger partial charge in [-0.3, -0.25) is 5.84 Å². The van der Waals surface area contributed by atoms with Gasteiger partial charge in [0, 0.05) is 12.5 Å². The van der Waals surface area contributed by atoms with E-state index in [1.165, 1.54) is 12.1 Å². The number of nitrogens with two attached hydrogens (primary N) is 1. The molecule has 26 heavy (non-hydrogen) atoms. The van der Waals surface area contributed by atoms with Gasteiger partial charge in [0.1, 0.15) is 5.60 Å². The van der Waals surface area contributed by atoms with E-state index >= 15 is 0 Å². The Morgan fingerprint density at radius 3 is 2.27 bits per heavy atom. The first-order valence-electron chi connectivity index (χ1n) is 8.06. The molecule has 0 aliphatic heterocycles. The molecule has 9 heteroatoms. The van der Waals surface area contributed by atoms with Crippen LogP contribution < -0.4 is 16.6 Å². The molecule has 1 atom stereocenters. The second-order valence-electron chi connectivity index (χ2n) is 6.85. The summed E-state index contributed by atoms with van der Waals surface area (Å²) in [6, 6.07) is 4.46. The summed E-state index contributed by atoms with van der Waals surface area (Å²) >= 11 is 4.99. The minimum absolute atomic E-state index is 0.338. The predicted octanol–water partition coefficient (Wildman–Crippen LogP) is 3.71. The summed E-state index contributed by atoms with van der Waals surface area (Å²) in [6.07, 6.45) is -3.76. The van der Waals surface area contributed by atoms with Crippen molar-refractivity contribution in [3.05, 3.63) is 35.4 Å². The first-order valence-corrected chi connectivity index (χ1v) is 8.46. The standard InChI is InChI=1S/C17H24F3N3O2S/c1-16(2,3)25-15(24)22-13(8-9-14(26)23-21)10-11-4-6-12(7-5-11)17(18,19)20/h4-7,13H,8-10,21H2,1-3H3,(H,22,24)(H,23,26)/t13-/m1/s1. The number of carbonyl (C=O) groups is 1. The van der Waals surface area contributed by atoms with Crippen LogP contribution in [0.2, 0.25) is 0 Å². The van der Waals surface area contributed by atoms with Crippen LogP contribution in [0, 0.1) is 0 Å². The van der Waals surface area contributed by atoms with Gasteiger partial charge in [0.15, 0.2) is 0 Å². The summed E-state index contributed by atoms with van der Waals surface area (Å²) in [6.45, 7) is 5.22. The average Bonchev–Trinajstić information content (AvgIpc) is 2.50. The number of ether oxygens (including phenoxy) is 1. The van der Waals surface area contributed by atoms with Crippen molar-refractivity contribution in [2.45, 2.75) is 57.9 Å². The van der Waals surface area contributed by atoms with Crippen molar-refractivity contribution in [1.82, 2.24) is 10.7 Å². The highest BCUT2D eigenvalue weighted by Gasteiger charge is 2.30. The van der Waals surface area contributed by atoms with Gasteiger partial charge in [-0.15, -0.1) is 0 Å². The Bertz CT molecular complexity index is 613. The molecule has 0 saturated carbocycles. The normalized spacial score (nSPS) is 13.0. The topological polar surface area (TPSA) is 76.4 Å². The van der Waals surface area contributed by atoms with E-state index in [1.807, 2.05) is 0 Å². The Balaban J connectivity index is 2.80. The fraction of sp³-hybridized carbons (Fsp3) is 0.529. The zero-order valence-corrected chi connectivity index (χ0v) is 15.8. The molecular weight excluding hydrogens is 367 g/mol. The molecule has 0 aliphatic carbocycles. The fourth-order valence-electron chi connectivity index (χ4n) is 2.19. The highest BCUT2D eigenvalue weighted by molar-refractivity contribution is 7.80. The molecule has 1 rings (SSSR count). The van der Waals surface area contributed by atoms with Gasteiger partial charge in [-0.1, -0.05) is 24.4 Å². The molecule has 1 aromatic rings. The van der Waals surface area contributed by atoms with Gasteiger partial charge in [-0.25, -0.2) is 4.79 Å². The van der Waals surface area contributed by atoms with E-state index in [2.05, 4.69) is 10.7 Å². The second kappa shape index (κ2) is 9.18. The third kappa shape index (κ3) is 8.48. The highest BCUT2D eigenvalue weighted by Crippen LogP contribution is 2.29. The Morgan fingerprint density at radius 1 is 1.23 bits per heavy atom. The lowest BCUT2D eigenvalue weighted by molar-refractivity contribution is -0.137. The molecule has 1 amide bonds. The molecule has 0 bridgehead atoms. The maximum atomic E-state index is 12.7. The van der Waals surface area contributed by atoms with Gasteiger partial charge in [-0.2, -0.15) is 13.2 Å². The molecule has 0 aromatic heterocycles. The van der Waals surface area contributed by atoms with E-state index in [4.69, 9.17) is 22.8 Å². The van der Waals surface area contributed by atoms with Crippen molar-refractivity contribution in [2.75, 3.05) is 0 Å². The molecule has 0 saturated heterocycles. The van der Waals surface area contributed by atoms with Crippen molar-refractivity contribution >= 4 is 23.3 Å². The van der Waals surface area contributed by atoms with Gasteiger partial charge in [0.25, 0.3) is 0 Å². The highest BCUT2D eigenvalue weighted by atomic mass is 32.1. The van der Waals surface area contributed by atoms with Crippen LogP contribution in [-0.2, 0) is 17.3 Å². The summed E-state index contributed by atoms with van der Waals surface area (Å²) in [4.78, 5) is 12.4. The molecule has 4 N–H and O–H groups in total. The maximum Gasteiger partial charge on any atom is 0.416 e. The second-order valence-corrected chi connectivity index (χ2v) is 7.34. The lowest BCUT2D eigenvalue weighted by Gasteiger charge is -2.24. The number of amides is 1. The molecule has 0 heterocycles. The van der Waals surface area contributed by atoms with Crippen LogP contribution in [-0.4, -0.2) is 22.7 Å². The number of benzene rings is 1. The number of thiocarbonyl (C=S) groups is 1. The van der Waals surface area contributed by atoms with Crippen molar-refractivity contribution in [1.29, 1.82) is 0 Å². The maximum absolute atomic E-state index is 12.7. The number of halogens is 3. The third-order valence-corrected chi connectivity index (χ3v) is 3.69. The predicted molar refractivity (Wildman–Crippen MR) is 97.5 cm³/mol. The van der Waals surface area contributed by atoms with Crippen LogP contribution in [0.1, 0.15) is 44.7 Å². The van der Waals surface area contributed by atoms with Gasteiger partial charge < -0.3 is 15.5 Å². The van der Waals surface area contributed by atoms with Crippen molar-refractivity contribution in [3.63, 3.8) is 0 Å². The monoisotopic (exact) mass is 391 g/mol. The quantitative estimate of drug-likeness (QED) is 0.392. The minimum Gasteiger partial charge on any atom is -0.444 e. The number of alkyl halides is 3. The number of carbonyl (C=O) groups excluding carboxylic acids is 1. The van der Waals surface area contributed by atoms with Gasteiger partial charge >= 0.3 is 12.3 Å². The van der Waals surface area contributed by atoms with Gasteiger partial charge in [-0.05, 0) is 51.3 Å². The first kappa shape index (κ1) is 22.2. The van der Waals surface area contributed by atoms with E-state index in [0.29, 0.717) is 29.8 Å². The Hall–Kier alpha value is -1.87. The summed E-state index contributed by atoms with van der Waals surface area (Å²) in [5.74, 6) is 5.24. The molecular formula is C17H24F3N3O2S. The summed E-state index contributed by atoms with van der Waals surface area (Å²) < 4.78 is 43.2. The zero-order valence-electron chi connectivity index (χ0n) is 14.9. The van der Waals surface area contributed by atoms with Crippen molar-refractivity contribution in [3.8, 4) is 0 Å². The van der Waals surface area contributed by atoms with Gasteiger partial charge in [0.05, 0.1) is 10.6 Å². The SMILES string of the molecule is CC(C)(C)OC(=O)N[C@H](CCC(=S)NN)Cc1ccc(C(F)(F)F)cc1. The zero-order chi connectivity index (χ0) is 20.0. The Kier molecular flexibility index (Phi) is 7.83. The lowest BCUT2D eigenvalue weighted by Crippen LogP contribution is -2.41. The average molecular weight is 391 g/mol. The van der Waals surface area contributed by atoms with E-state index in [9.17, 15) is 18.0 Å². The number of hydrogen-bond donors (Lipinski definition) is 3. The molecule has 1 aromatic carbocycles. The molecule has 146 valence electrons. The minimum atomic E-state index is -4.38. The first-order chi connectivity index (χ1) is 11.9. The van der Waals surface area contributed by atoms with Crippen LogP contribution in [0.15, 0.2) is 24.3 Å². The van der Waals surface area contributed by atoms with Crippen LogP contribution in [0.4, 0.5) is 18.0 Å². The van der Waals surface area contributed by atoms with Gasteiger partial charge in [0.2, 0.25) is 0 Å². The Labute approximate surface area is 156 Å². The van der Waals surface area contributed by atoms with E-state index in [0.717, 1.165) is 12.1 Å². The summed E-state index contributed by atoms with van der Waals surface area (Å²) in [5.41, 5.74) is 1.65. The molecule has 0 spiro atoms. The summed E-state index contributed by atoms with van der Waals surface area (Å²) in [5, 5.41) is 2.73. The molecule has 0 fully saturated rings. The summed E-state index contributed by atoms with van der Waals surface area (Å²) in [7, 11) is 0. The largest absolute Gasteiger partial charge is 0.444 e. The lowest BCUT2D eigenvalue weighted by atomic mass is 10.0. The van der Waals surface area contributed by atoms with E-state index in [-0.39, 0.29) is 6.04 Å². The number of hydrazine groups is 1. The van der Waals surface area contributed by atoms with E-state index < -0.39 is 23.4 Å². The van der Waals surface area contributed by atoms with Crippen LogP contribution >= 0.6 is 12.2 Å². The molecule has 0 radical (unpaired) electrons.